The molecule has 0 radical (unpaired) electrons. The molecule has 6 nitrogen and oxygen atoms in total. The van der Waals surface area contributed by atoms with E-state index >= 15 is 0 Å². The highest BCUT2D eigenvalue weighted by atomic mass is 32.2. The van der Waals surface area contributed by atoms with Crippen molar-refractivity contribution in [3.05, 3.63) is 12.0 Å². The van der Waals surface area contributed by atoms with E-state index in [2.05, 4.69) is 9.71 Å². The Hall–Kier alpha value is -0.920. The Balaban J connectivity index is 2.96. The predicted octanol–water partition coefficient (Wildman–Crippen LogP) is 0.863. The monoisotopic (exact) mass is 288 g/mol. The molecule has 0 bridgehead atoms. The number of sulfonamides is 1. The molecule has 1 aromatic heterocycles. The van der Waals surface area contributed by atoms with Gasteiger partial charge in [-0.1, -0.05) is 13.8 Å². The average Bonchev–Trinajstić information content (AvgIpc) is 2.70. The van der Waals surface area contributed by atoms with Crippen LogP contribution in [-0.4, -0.2) is 30.6 Å². The first-order valence-electron chi connectivity index (χ1n) is 6.58. The lowest BCUT2D eigenvalue weighted by molar-refractivity contribution is 0.428. The second kappa shape index (κ2) is 6.49. The van der Waals surface area contributed by atoms with Crippen LogP contribution >= 0.6 is 0 Å². The van der Waals surface area contributed by atoms with E-state index in [-0.39, 0.29) is 17.0 Å². The van der Waals surface area contributed by atoms with Gasteiger partial charge in [0.2, 0.25) is 0 Å². The third-order valence-electron chi connectivity index (χ3n) is 3.16. The van der Waals surface area contributed by atoms with Gasteiger partial charge in [-0.3, -0.25) is 0 Å². The Bertz CT molecular complexity index is 508. The number of nitrogens with two attached hydrogens (primary N) is 1. The van der Waals surface area contributed by atoms with Gasteiger partial charge in [-0.15, -0.1) is 0 Å². The van der Waals surface area contributed by atoms with Gasteiger partial charge < -0.3 is 10.3 Å². The van der Waals surface area contributed by atoms with E-state index in [0.29, 0.717) is 25.3 Å². The van der Waals surface area contributed by atoms with Crippen LogP contribution in [0, 0.1) is 12.8 Å². The number of nitrogens with one attached hydrogen (secondary N) is 1. The van der Waals surface area contributed by atoms with Crippen LogP contribution in [0.25, 0.3) is 0 Å². The Morgan fingerprint density at radius 3 is 2.53 bits per heavy atom. The summed E-state index contributed by atoms with van der Waals surface area (Å²) in [6.45, 7) is 8.84. The fourth-order valence-electron chi connectivity index (χ4n) is 1.90. The van der Waals surface area contributed by atoms with E-state index in [9.17, 15) is 8.42 Å². The zero-order chi connectivity index (χ0) is 14.6. The molecule has 0 fully saturated rings. The van der Waals surface area contributed by atoms with Gasteiger partial charge in [-0.05, 0) is 32.7 Å². The maximum absolute atomic E-state index is 12.3. The van der Waals surface area contributed by atoms with Crippen molar-refractivity contribution < 1.29 is 8.42 Å². The van der Waals surface area contributed by atoms with Crippen LogP contribution in [0.1, 0.15) is 33.0 Å². The van der Waals surface area contributed by atoms with Crippen LogP contribution in [0.5, 0.6) is 0 Å². The van der Waals surface area contributed by atoms with Gasteiger partial charge in [0, 0.05) is 18.8 Å². The molecule has 110 valence electrons. The minimum absolute atomic E-state index is 0.0783. The van der Waals surface area contributed by atoms with Crippen LogP contribution < -0.4 is 10.5 Å². The first-order chi connectivity index (χ1) is 8.81. The maximum Gasteiger partial charge on any atom is 0.259 e. The Labute approximate surface area is 115 Å². The van der Waals surface area contributed by atoms with E-state index in [0.717, 1.165) is 0 Å². The van der Waals surface area contributed by atoms with E-state index in [1.807, 2.05) is 25.3 Å². The molecule has 7 heteroatoms. The summed E-state index contributed by atoms with van der Waals surface area (Å²) in [7, 11) is -3.58. The van der Waals surface area contributed by atoms with Crippen molar-refractivity contribution in [1.82, 2.24) is 14.3 Å². The SMILES string of the molecule is CCn1cc(S(=O)(=O)NC(CCN)C(C)C)nc1C. The standard InChI is InChI=1S/C12H24N4O2S/c1-5-16-8-12(14-10(16)4)19(17,18)15-11(6-7-13)9(2)3/h8-9,11,15H,5-7,13H2,1-4H3. The zero-order valence-electron chi connectivity index (χ0n) is 12.0. The van der Waals surface area contributed by atoms with Gasteiger partial charge in [-0.2, -0.15) is 0 Å². The highest BCUT2D eigenvalue weighted by Gasteiger charge is 2.24. The highest BCUT2D eigenvalue weighted by molar-refractivity contribution is 7.89. The quantitative estimate of drug-likeness (QED) is 0.778. The van der Waals surface area contributed by atoms with Crippen LogP contribution in [0.15, 0.2) is 11.2 Å². The van der Waals surface area contributed by atoms with Crippen molar-refractivity contribution in [3.8, 4) is 0 Å². The number of imidazole rings is 1. The van der Waals surface area contributed by atoms with Crippen molar-refractivity contribution in [2.75, 3.05) is 6.54 Å². The number of hydrogen-bond acceptors (Lipinski definition) is 4. The summed E-state index contributed by atoms with van der Waals surface area (Å²) >= 11 is 0. The lowest BCUT2D eigenvalue weighted by atomic mass is 10.0. The van der Waals surface area contributed by atoms with Crippen LogP contribution in [0.2, 0.25) is 0 Å². The molecule has 0 aliphatic heterocycles. The summed E-state index contributed by atoms with van der Waals surface area (Å²) in [5.74, 6) is 0.885. The Morgan fingerprint density at radius 2 is 2.11 bits per heavy atom. The predicted molar refractivity (Wildman–Crippen MR) is 75.3 cm³/mol. The van der Waals surface area contributed by atoms with Crippen molar-refractivity contribution in [2.45, 2.75) is 51.7 Å². The van der Waals surface area contributed by atoms with Crippen molar-refractivity contribution in [2.24, 2.45) is 11.7 Å². The third-order valence-corrected chi connectivity index (χ3v) is 4.52. The zero-order valence-corrected chi connectivity index (χ0v) is 12.9. The maximum atomic E-state index is 12.3. The van der Waals surface area contributed by atoms with Crippen molar-refractivity contribution in [1.29, 1.82) is 0 Å². The van der Waals surface area contributed by atoms with E-state index < -0.39 is 10.0 Å². The summed E-state index contributed by atoms with van der Waals surface area (Å²) in [6.07, 6.45) is 2.18. The van der Waals surface area contributed by atoms with Crippen LogP contribution in [0.4, 0.5) is 0 Å². The summed E-state index contributed by atoms with van der Waals surface area (Å²) in [5.41, 5.74) is 5.52. The fourth-order valence-corrected chi connectivity index (χ4v) is 3.32. The molecular weight excluding hydrogens is 264 g/mol. The van der Waals surface area contributed by atoms with Gasteiger partial charge in [0.25, 0.3) is 10.0 Å². The second-order valence-corrected chi connectivity index (χ2v) is 6.62. The molecule has 1 atom stereocenters. The molecule has 3 N–H and O–H groups in total. The summed E-state index contributed by atoms with van der Waals surface area (Å²) in [5, 5.41) is 0.0783. The number of hydrogen-bond donors (Lipinski definition) is 2. The number of aryl methyl sites for hydroxylation is 2. The van der Waals surface area contributed by atoms with Crippen molar-refractivity contribution in [3.63, 3.8) is 0 Å². The summed E-state index contributed by atoms with van der Waals surface area (Å²) in [6, 6.07) is -0.165. The average molecular weight is 288 g/mol. The molecule has 1 heterocycles. The van der Waals surface area contributed by atoms with Gasteiger partial charge >= 0.3 is 0 Å². The number of aromatic nitrogens is 2. The Kier molecular flexibility index (Phi) is 5.51. The molecule has 1 aromatic rings. The van der Waals surface area contributed by atoms with Crippen LogP contribution in [-0.2, 0) is 16.6 Å². The molecule has 0 saturated carbocycles. The lowest BCUT2D eigenvalue weighted by Gasteiger charge is -2.20. The molecule has 0 saturated heterocycles. The normalized spacial score (nSPS) is 14.0. The highest BCUT2D eigenvalue weighted by Crippen LogP contribution is 2.13. The topological polar surface area (TPSA) is 90.0 Å². The van der Waals surface area contributed by atoms with Gasteiger partial charge in [0.15, 0.2) is 5.03 Å². The summed E-state index contributed by atoms with van der Waals surface area (Å²) in [4.78, 5) is 4.11. The smallest absolute Gasteiger partial charge is 0.259 e. The van der Waals surface area contributed by atoms with Gasteiger partial charge in [0.1, 0.15) is 5.82 Å². The van der Waals surface area contributed by atoms with Gasteiger partial charge in [0.05, 0.1) is 0 Å². The first kappa shape index (κ1) is 16.1. The Morgan fingerprint density at radius 1 is 1.47 bits per heavy atom. The molecule has 1 rings (SSSR count). The third kappa shape index (κ3) is 4.02. The molecule has 1 unspecified atom stereocenters. The molecule has 19 heavy (non-hydrogen) atoms. The molecule has 0 aliphatic carbocycles. The van der Waals surface area contributed by atoms with Crippen LogP contribution in [0.3, 0.4) is 0 Å². The first-order valence-corrected chi connectivity index (χ1v) is 8.06. The van der Waals surface area contributed by atoms with E-state index in [1.165, 1.54) is 0 Å². The minimum atomic E-state index is -3.58. The summed E-state index contributed by atoms with van der Waals surface area (Å²) < 4.78 is 29.0. The lowest BCUT2D eigenvalue weighted by Crippen LogP contribution is -2.40. The largest absolute Gasteiger partial charge is 0.334 e. The fraction of sp³-hybridized carbons (Fsp3) is 0.750. The van der Waals surface area contributed by atoms with E-state index in [4.69, 9.17) is 5.73 Å². The van der Waals surface area contributed by atoms with Crippen molar-refractivity contribution >= 4 is 10.0 Å². The van der Waals surface area contributed by atoms with E-state index in [1.54, 1.807) is 13.1 Å². The molecular formula is C12H24N4O2S. The molecule has 0 spiro atoms. The number of nitrogens with zero attached hydrogens (tertiary/aromatic N) is 2. The van der Waals surface area contributed by atoms with Gasteiger partial charge in [-0.25, -0.2) is 18.1 Å². The second-order valence-electron chi connectivity index (χ2n) is 4.96. The minimum Gasteiger partial charge on any atom is -0.334 e. The molecule has 0 aliphatic rings. The molecule has 0 amide bonds. The number of rotatable bonds is 7. The molecule has 0 aromatic carbocycles.